The molecule has 1 fully saturated rings. The first-order valence-electron chi connectivity index (χ1n) is 7.39. The van der Waals surface area contributed by atoms with Gasteiger partial charge in [-0.25, -0.2) is 4.79 Å². The van der Waals surface area contributed by atoms with Crippen LogP contribution in [0.25, 0.3) is 0 Å². The van der Waals surface area contributed by atoms with E-state index in [9.17, 15) is 14.4 Å². The number of hydrogen-bond donors (Lipinski definition) is 1. The molecule has 25 heavy (non-hydrogen) atoms. The van der Waals surface area contributed by atoms with Crippen LogP contribution in [-0.2, 0) is 19.1 Å². The van der Waals surface area contributed by atoms with Gasteiger partial charge in [-0.15, -0.1) is 0 Å². The largest absolute Gasteiger partial charge is 0.463 e. The summed E-state index contributed by atoms with van der Waals surface area (Å²) in [5.41, 5.74) is 1.62. The van der Waals surface area contributed by atoms with E-state index in [1.54, 1.807) is 6.92 Å². The highest BCUT2D eigenvalue weighted by atomic mass is 79.9. The number of rotatable bonds is 5. The molecule has 2 amide bonds. The van der Waals surface area contributed by atoms with Crippen molar-refractivity contribution in [3.63, 3.8) is 0 Å². The fourth-order valence-corrected chi connectivity index (χ4v) is 4.67. The standard InChI is InChI=1S/C16H16Br2N2O4S/c1-3-24-15(23)6-14-20(13(22)8-25-14)7-12(21)19-16-10(17)4-9(2)5-11(16)18/h4-6H,3,7-8H2,1-2H3,(H,19,21)/b14-6-. The molecule has 0 spiro atoms. The Labute approximate surface area is 166 Å². The van der Waals surface area contributed by atoms with Crippen molar-refractivity contribution >= 4 is 67.1 Å². The molecule has 0 aromatic heterocycles. The SMILES string of the molecule is CCOC(=O)/C=C1\SCC(=O)N1CC(=O)Nc1c(Br)cc(C)cc1Br. The highest BCUT2D eigenvalue weighted by Gasteiger charge is 2.29. The Morgan fingerprint density at radius 3 is 2.60 bits per heavy atom. The number of amides is 2. The highest BCUT2D eigenvalue weighted by Crippen LogP contribution is 2.33. The third-order valence-corrected chi connectivity index (χ3v) is 5.47. The van der Waals surface area contributed by atoms with Gasteiger partial charge in [-0.2, -0.15) is 0 Å². The maximum Gasteiger partial charge on any atom is 0.333 e. The topological polar surface area (TPSA) is 75.7 Å². The number of aryl methyl sites for hydroxylation is 1. The number of esters is 1. The summed E-state index contributed by atoms with van der Waals surface area (Å²) in [6.07, 6.45) is 1.24. The lowest BCUT2D eigenvalue weighted by atomic mass is 10.2. The summed E-state index contributed by atoms with van der Waals surface area (Å²) in [5, 5.41) is 3.19. The molecule has 9 heteroatoms. The Morgan fingerprint density at radius 1 is 1.36 bits per heavy atom. The summed E-state index contributed by atoms with van der Waals surface area (Å²) >= 11 is 8.03. The van der Waals surface area contributed by atoms with Crippen molar-refractivity contribution in [1.29, 1.82) is 0 Å². The molecule has 0 atom stereocenters. The first kappa shape index (κ1) is 20.0. The summed E-state index contributed by atoms with van der Waals surface area (Å²) in [6.45, 7) is 3.71. The number of hydrogen-bond acceptors (Lipinski definition) is 5. The van der Waals surface area contributed by atoms with Crippen LogP contribution in [0.2, 0.25) is 0 Å². The number of benzene rings is 1. The number of nitrogens with one attached hydrogen (secondary N) is 1. The van der Waals surface area contributed by atoms with Crippen molar-refractivity contribution in [3.05, 3.63) is 37.7 Å². The van der Waals surface area contributed by atoms with Crippen LogP contribution in [0.15, 0.2) is 32.2 Å². The molecule has 1 aromatic rings. The third-order valence-electron chi connectivity index (χ3n) is 3.19. The van der Waals surface area contributed by atoms with Gasteiger partial charge in [0.15, 0.2) is 0 Å². The lowest BCUT2D eigenvalue weighted by Crippen LogP contribution is -2.34. The molecule has 1 N–H and O–H groups in total. The predicted octanol–water partition coefficient (Wildman–Crippen LogP) is 3.44. The number of nitrogens with zero attached hydrogens (tertiary/aromatic N) is 1. The minimum absolute atomic E-state index is 0.177. The van der Waals surface area contributed by atoms with Crippen molar-refractivity contribution in [2.24, 2.45) is 0 Å². The number of carbonyl (C=O) groups is 3. The monoisotopic (exact) mass is 490 g/mol. The van der Waals surface area contributed by atoms with Gasteiger partial charge in [-0.3, -0.25) is 14.5 Å². The number of anilines is 1. The Bertz CT molecular complexity index is 729. The molecule has 0 bridgehead atoms. The zero-order valence-electron chi connectivity index (χ0n) is 13.6. The molecule has 134 valence electrons. The molecule has 1 saturated heterocycles. The van der Waals surface area contributed by atoms with Crippen LogP contribution < -0.4 is 5.32 Å². The van der Waals surface area contributed by atoms with Gasteiger partial charge in [0.1, 0.15) is 6.54 Å². The molecule has 1 heterocycles. The molecule has 0 aliphatic carbocycles. The van der Waals surface area contributed by atoms with E-state index in [2.05, 4.69) is 37.2 Å². The quantitative estimate of drug-likeness (QED) is 0.504. The second-order valence-electron chi connectivity index (χ2n) is 5.15. The van der Waals surface area contributed by atoms with Crippen LogP contribution in [0.1, 0.15) is 12.5 Å². The van der Waals surface area contributed by atoms with E-state index < -0.39 is 5.97 Å². The number of ether oxygens (including phenoxy) is 1. The van der Waals surface area contributed by atoms with Crippen LogP contribution in [0.3, 0.4) is 0 Å². The average molecular weight is 492 g/mol. The Hall–Kier alpha value is -1.32. The number of halogens is 2. The van der Waals surface area contributed by atoms with Gasteiger partial charge in [-0.1, -0.05) is 11.8 Å². The van der Waals surface area contributed by atoms with Crippen molar-refractivity contribution in [1.82, 2.24) is 4.90 Å². The second kappa shape index (κ2) is 8.86. The Kier molecular flexibility index (Phi) is 7.09. The van der Waals surface area contributed by atoms with Crippen molar-refractivity contribution < 1.29 is 19.1 Å². The molecule has 1 aromatic carbocycles. The maximum atomic E-state index is 12.4. The van der Waals surface area contributed by atoms with E-state index in [0.29, 0.717) is 10.7 Å². The zero-order valence-corrected chi connectivity index (χ0v) is 17.6. The van der Waals surface area contributed by atoms with E-state index in [-0.39, 0.29) is 30.7 Å². The van der Waals surface area contributed by atoms with Gasteiger partial charge in [0.25, 0.3) is 0 Å². The predicted molar refractivity (Wildman–Crippen MR) is 104 cm³/mol. The van der Waals surface area contributed by atoms with Crippen LogP contribution in [0, 0.1) is 6.92 Å². The molecular formula is C16H16Br2N2O4S. The van der Waals surface area contributed by atoms with Crippen molar-refractivity contribution in [2.45, 2.75) is 13.8 Å². The fraction of sp³-hybridized carbons (Fsp3) is 0.312. The lowest BCUT2D eigenvalue weighted by molar-refractivity contribution is -0.137. The Balaban J connectivity index is 2.11. The second-order valence-corrected chi connectivity index (χ2v) is 7.86. The molecule has 0 radical (unpaired) electrons. The first-order chi connectivity index (χ1) is 11.8. The lowest BCUT2D eigenvalue weighted by Gasteiger charge is -2.17. The van der Waals surface area contributed by atoms with Crippen LogP contribution in [0.4, 0.5) is 5.69 Å². The van der Waals surface area contributed by atoms with Gasteiger partial charge in [-0.05, 0) is 63.4 Å². The minimum Gasteiger partial charge on any atom is -0.463 e. The van der Waals surface area contributed by atoms with Crippen LogP contribution in [0.5, 0.6) is 0 Å². The average Bonchev–Trinajstić information content (AvgIpc) is 2.84. The maximum absolute atomic E-state index is 12.4. The van der Waals surface area contributed by atoms with E-state index in [4.69, 9.17) is 4.74 Å². The third kappa shape index (κ3) is 5.32. The normalized spacial score (nSPS) is 15.6. The summed E-state index contributed by atoms with van der Waals surface area (Å²) in [7, 11) is 0. The molecule has 2 rings (SSSR count). The van der Waals surface area contributed by atoms with E-state index >= 15 is 0 Å². The van der Waals surface area contributed by atoms with Gasteiger partial charge in [0, 0.05) is 8.95 Å². The van der Waals surface area contributed by atoms with Crippen molar-refractivity contribution in [3.8, 4) is 0 Å². The summed E-state index contributed by atoms with van der Waals surface area (Å²) < 4.78 is 6.32. The summed E-state index contributed by atoms with van der Waals surface area (Å²) in [5.74, 6) is -0.932. The highest BCUT2D eigenvalue weighted by molar-refractivity contribution is 9.11. The molecule has 1 aliphatic heterocycles. The Morgan fingerprint density at radius 2 is 2.00 bits per heavy atom. The van der Waals surface area contributed by atoms with Crippen molar-refractivity contribution in [2.75, 3.05) is 24.2 Å². The number of carbonyl (C=O) groups excluding carboxylic acids is 3. The van der Waals surface area contributed by atoms with Gasteiger partial charge in [0.05, 0.1) is 29.2 Å². The molecule has 6 nitrogen and oxygen atoms in total. The molecule has 0 unspecified atom stereocenters. The minimum atomic E-state index is -0.533. The summed E-state index contributed by atoms with van der Waals surface area (Å²) in [4.78, 5) is 37.2. The van der Waals surface area contributed by atoms with Gasteiger partial charge in [0.2, 0.25) is 11.8 Å². The fourth-order valence-electron chi connectivity index (χ4n) is 2.13. The van der Waals surface area contributed by atoms with Gasteiger partial charge >= 0.3 is 5.97 Å². The smallest absolute Gasteiger partial charge is 0.333 e. The van der Waals surface area contributed by atoms with Crippen LogP contribution in [-0.4, -0.2) is 41.6 Å². The summed E-state index contributed by atoms with van der Waals surface area (Å²) in [6, 6.07) is 3.76. The zero-order chi connectivity index (χ0) is 18.6. The van der Waals surface area contributed by atoms with E-state index in [0.717, 1.165) is 14.5 Å². The molecular weight excluding hydrogens is 476 g/mol. The van der Waals surface area contributed by atoms with E-state index in [1.807, 2.05) is 19.1 Å². The van der Waals surface area contributed by atoms with Crippen LogP contribution >= 0.6 is 43.6 Å². The molecule has 0 saturated carbocycles. The molecule has 1 aliphatic rings. The number of thioether (sulfide) groups is 1. The van der Waals surface area contributed by atoms with Gasteiger partial charge < -0.3 is 10.1 Å². The van der Waals surface area contributed by atoms with E-state index in [1.165, 1.54) is 22.7 Å². The first-order valence-corrected chi connectivity index (χ1v) is 9.96.